The van der Waals surface area contributed by atoms with Crippen LogP contribution in [-0.4, -0.2) is 7.11 Å². The van der Waals surface area contributed by atoms with E-state index in [4.69, 9.17) is 4.74 Å². The van der Waals surface area contributed by atoms with Gasteiger partial charge in [-0.3, -0.25) is 0 Å². The lowest BCUT2D eigenvalue weighted by Crippen LogP contribution is -1.97. The van der Waals surface area contributed by atoms with Gasteiger partial charge in [0.15, 0.2) is 0 Å². The van der Waals surface area contributed by atoms with Crippen LogP contribution in [0.3, 0.4) is 0 Å². The Labute approximate surface area is 107 Å². The van der Waals surface area contributed by atoms with E-state index < -0.39 is 0 Å². The van der Waals surface area contributed by atoms with Crippen molar-refractivity contribution >= 4 is 0 Å². The van der Waals surface area contributed by atoms with Crippen molar-refractivity contribution in [3.05, 3.63) is 59.2 Å². The number of methoxy groups -OCH3 is 1. The first-order chi connectivity index (χ1) is 8.77. The van der Waals surface area contributed by atoms with Gasteiger partial charge in [0, 0.05) is 7.11 Å². The van der Waals surface area contributed by atoms with E-state index in [0.717, 1.165) is 16.7 Å². The molecule has 0 aliphatic rings. The standard InChI is InChI=1S/C16H15NO/c1-12-6-5-9-15(16(12)11-18-2)14-8-4-3-7-13(14)10-17/h3-9H,11H2,1-2H3. The number of aryl methyl sites for hydroxylation is 1. The van der Waals surface area contributed by atoms with Gasteiger partial charge in [-0.05, 0) is 35.2 Å². The van der Waals surface area contributed by atoms with Crippen LogP contribution in [0.2, 0.25) is 0 Å². The van der Waals surface area contributed by atoms with Gasteiger partial charge in [-0.15, -0.1) is 0 Å². The first-order valence-electron chi connectivity index (χ1n) is 5.85. The summed E-state index contributed by atoms with van der Waals surface area (Å²) in [6.45, 7) is 2.62. The molecule has 0 fully saturated rings. The van der Waals surface area contributed by atoms with Crippen LogP contribution in [0.25, 0.3) is 11.1 Å². The monoisotopic (exact) mass is 237 g/mol. The lowest BCUT2D eigenvalue weighted by molar-refractivity contribution is 0.185. The molecule has 0 bridgehead atoms. The molecule has 0 aliphatic heterocycles. The van der Waals surface area contributed by atoms with Crippen LogP contribution < -0.4 is 0 Å². The molecule has 0 amide bonds. The predicted molar refractivity (Wildman–Crippen MR) is 72.0 cm³/mol. The Kier molecular flexibility index (Phi) is 3.76. The number of nitriles is 1. The summed E-state index contributed by atoms with van der Waals surface area (Å²) in [7, 11) is 1.69. The van der Waals surface area contributed by atoms with Gasteiger partial charge in [-0.2, -0.15) is 5.26 Å². The second kappa shape index (κ2) is 5.48. The zero-order chi connectivity index (χ0) is 13.0. The number of rotatable bonds is 3. The van der Waals surface area contributed by atoms with Crippen molar-refractivity contribution < 1.29 is 4.74 Å². The Bertz CT molecular complexity index is 596. The molecular weight excluding hydrogens is 222 g/mol. The highest BCUT2D eigenvalue weighted by molar-refractivity contribution is 5.74. The average Bonchev–Trinajstić information content (AvgIpc) is 2.41. The van der Waals surface area contributed by atoms with Crippen LogP contribution in [0.4, 0.5) is 0 Å². The van der Waals surface area contributed by atoms with Gasteiger partial charge < -0.3 is 4.74 Å². The van der Waals surface area contributed by atoms with Crippen molar-refractivity contribution in [2.75, 3.05) is 7.11 Å². The summed E-state index contributed by atoms with van der Waals surface area (Å²) in [5, 5.41) is 9.19. The highest BCUT2D eigenvalue weighted by atomic mass is 16.5. The fourth-order valence-corrected chi connectivity index (χ4v) is 2.11. The fraction of sp³-hybridized carbons (Fsp3) is 0.188. The van der Waals surface area contributed by atoms with Gasteiger partial charge >= 0.3 is 0 Å². The normalized spacial score (nSPS) is 10.1. The topological polar surface area (TPSA) is 33.0 Å². The van der Waals surface area contributed by atoms with E-state index in [1.165, 1.54) is 5.56 Å². The molecule has 0 N–H and O–H groups in total. The summed E-state index contributed by atoms with van der Waals surface area (Å²) in [4.78, 5) is 0. The summed E-state index contributed by atoms with van der Waals surface area (Å²) in [5.41, 5.74) is 5.06. The van der Waals surface area contributed by atoms with Gasteiger partial charge in [0.25, 0.3) is 0 Å². The first-order valence-corrected chi connectivity index (χ1v) is 5.85. The van der Waals surface area contributed by atoms with Gasteiger partial charge in [-0.1, -0.05) is 36.4 Å². The highest BCUT2D eigenvalue weighted by Gasteiger charge is 2.10. The Morgan fingerprint density at radius 3 is 2.50 bits per heavy atom. The van der Waals surface area contributed by atoms with Crippen LogP contribution in [-0.2, 0) is 11.3 Å². The summed E-state index contributed by atoms with van der Waals surface area (Å²) in [5.74, 6) is 0. The second-order valence-corrected chi connectivity index (χ2v) is 4.19. The minimum atomic E-state index is 0.557. The van der Waals surface area contributed by atoms with E-state index >= 15 is 0 Å². The molecule has 0 saturated carbocycles. The maximum atomic E-state index is 9.19. The largest absolute Gasteiger partial charge is 0.380 e. The molecule has 2 aromatic rings. The van der Waals surface area contributed by atoms with Gasteiger partial charge in [-0.25, -0.2) is 0 Å². The molecule has 18 heavy (non-hydrogen) atoms. The maximum Gasteiger partial charge on any atom is 0.0998 e. The van der Waals surface area contributed by atoms with E-state index in [1.807, 2.05) is 36.4 Å². The van der Waals surface area contributed by atoms with E-state index in [9.17, 15) is 5.26 Å². The summed E-state index contributed by atoms with van der Waals surface area (Å²) >= 11 is 0. The van der Waals surface area contributed by atoms with Gasteiger partial charge in [0.1, 0.15) is 0 Å². The summed E-state index contributed by atoms with van der Waals surface area (Å²) in [6, 6.07) is 16.0. The molecule has 90 valence electrons. The SMILES string of the molecule is COCc1c(C)cccc1-c1ccccc1C#N. The van der Waals surface area contributed by atoms with Crippen molar-refractivity contribution in [2.45, 2.75) is 13.5 Å². The molecule has 0 unspecified atom stereocenters. The quantitative estimate of drug-likeness (QED) is 0.815. The Balaban J connectivity index is 2.64. The zero-order valence-corrected chi connectivity index (χ0v) is 10.6. The lowest BCUT2D eigenvalue weighted by Gasteiger charge is -2.13. The van der Waals surface area contributed by atoms with Crippen molar-refractivity contribution in [2.24, 2.45) is 0 Å². The lowest BCUT2D eigenvalue weighted by atomic mass is 9.93. The molecule has 0 atom stereocenters. The third-order valence-corrected chi connectivity index (χ3v) is 3.04. The molecule has 0 saturated heterocycles. The average molecular weight is 237 g/mol. The smallest absolute Gasteiger partial charge is 0.0998 e. The van der Waals surface area contributed by atoms with Gasteiger partial charge in [0.05, 0.1) is 18.2 Å². The summed E-state index contributed by atoms with van der Waals surface area (Å²) in [6.07, 6.45) is 0. The third kappa shape index (κ3) is 2.27. The number of benzene rings is 2. The minimum absolute atomic E-state index is 0.557. The first kappa shape index (κ1) is 12.3. The van der Waals surface area contributed by atoms with Crippen molar-refractivity contribution in [1.82, 2.24) is 0 Å². The molecule has 0 radical (unpaired) electrons. The Morgan fingerprint density at radius 1 is 1.06 bits per heavy atom. The van der Waals surface area contributed by atoms with E-state index in [-0.39, 0.29) is 0 Å². The molecule has 0 heterocycles. The molecular formula is C16H15NO. The second-order valence-electron chi connectivity index (χ2n) is 4.19. The summed E-state index contributed by atoms with van der Waals surface area (Å²) < 4.78 is 5.26. The van der Waals surface area contributed by atoms with Crippen molar-refractivity contribution in [3.63, 3.8) is 0 Å². The molecule has 2 rings (SSSR count). The van der Waals surface area contributed by atoms with Gasteiger partial charge in [0.2, 0.25) is 0 Å². The van der Waals surface area contributed by atoms with Crippen LogP contribution in [0.5, 0.6) is 0 Å². The van der Waals surface area contributed by atoms with E-state index in [2.05, 4.69) is 19.1 Å². The van der Waals surface area contributed by atoms with Crippen LogP contribution in [0.1, 0.15) is 16.7 Å². The van der Waals surface area contributed by atoms with Crippen LogP contribution in [0.15, 0.2) is 42.5 Å². The fourth-order valence-electron chi connectivity index (χ4n) is 2.11. The molecule has 0 spiro atoms. The molecule has 0 aromatic heterocycles. The predicted octanol–water partition coefficient (Wildman–Crippen LogP) is 3.68. The molecule has 0 aliphatic carbocycles. The highest BCUT2D eigenvalue weighted by Crippen LogP contribution is 2.29. The number of hydrogen-bond donors (Lipinski definition) is 0. The third-order valence-electron chi connectivity index (χ3n) is 3.04. The number of ether oxygens (including phenoxy) is 1. The Hall–Kier alpha value is -2.11. The molecule has 2 aromatic carbocycles. The number of nitrogens with zero attached hydrogens (tertiary/aromatic N) is 1. The maximum absolute atomic E-state index is 9.19. The van der Waals surface area contributed by atoms with Crippen LogP contribution >= 0.6 is 0 Å². The van der Waals surface area contributed by atoms with E-state index in [1.54, 1.807) is 7.11 Å². The van der Waals surface area contributed by atoms with Crippen molar-refractivity contribution in [3.8, 4) is 17.2 Å². The zero-order valence-electron chi connectivity index (χ0n) is 10.6. The molecule has 2 nitrogen and oxygen atoms in total. The van der Waals surface area contributed by atoms with Crippen molar-refractivity contribution in [1.29, 1.82) is 5.26 Å². The van der Waals surface area contributed by atoms with Crippen LogP contribution in [0, 0.1) is 18.3 Å². The number of hydrogen-bond acceptors (Lipinski definition) is 2. The molecule has 2 heteroatoms. The Morgan fingerprint density at radius 2 is 1.78 bits per heavy atom. The minimum Gasteiger partial charge on any atom is -0.380 e. The van der Waals surface area contributed by atoms with E-state index in [0.29, 0.717) is 12.2 Å².